The van der Waals surface area contributed by atoms with E-state index in [-0.39, 0.29) is 0 Å². The van der Waals surface area contributed by atoms with Crippen LogP contribution in [0.15, 0.2) is 53.8 Å². The van der Waals surface area contributed by atoms with Crippen molar-refractivity contribution < 1.29 is 0 Å². The molecule has 0 aliphatic carbocycles. The van der Waals surface area contributed by atoms with Crippen molar-refractivity contribution in [2.24, 2.45) is 0 Å². The zero-order valence-corrected chi connectivity index (χ0v) is 13.1. The molecule has 0 saturated heterocycles. The maximum Gasteiger partial charge on any atom is 0.126 e. The Morgan fingerprint density at radius 1 is 1.05 bits per heavy atom. The highest BCUT2D eigenvalue weighted by Gasteiger charge is 2.16. The highest BCUT2D eigenvalue weighted by molar-refractivity contribution is 7.99. The lowest BCUT2D eigenvalue weighted by Gasteiger charge is -2.06. The van der Waals surface area contributed by atoms with E-state index < -0.39 is 0 Å². The Bertz CT molecular complexity index is 723. The molecule has 2 aromatic heterocycles. The van der Waals surface area contributed by atoms with Crippen molar-refractivity contribution in [1.82, 2.24) is 15.2 Å². The summed E-state index contributed by atoms with van der Waals surface area (Å²) in [6.07, 6.45) is 3.60. The van der Waals surface area contributed by atoms with Crippen LogP contribution in [0, 0.1) is 0 Å². The van der Waals surface area contributed by atoms with Gasteiger partial charge in [0.1, 0.15) is 5.03 Å². The first-order valence-corrected chi connectivity index (χ1v) is 8.03. The van der Waals surface area contributed by atoms with Crippen LogP contribution in [0.1, 0.15) is 6.92 Å². The van der Waals surface area contributed by atoms with Crippen molar-refractivity contribution in [2.75, 3.05) is 5.75 Å². The van der Waals surface area contributed by atoms with Gasteiger partial charge >= 0.3 is 0 Å². The highest BCUT2D eigenvalue weighted by atomic mass is 35.5. The van der Waals surface area contributed by atoms with E-state index in [0.29, 0.717) is 0 Å². The SMILES string of the molecule is CCSc1n[nH]c(-c2ccc(Cl)cc2)c1-c1ccncc1. The number of pyridine rings is 1. The number of rotatable bonds is 4. The second-order valence-electron chi connectivity index (χ2n) is 4.45. The number of nitrogens with zero attached hydrogens (tertiary/aromatic N) is 2. The molecule has 1 N–H and O–H groups in total. The third kappa shape index (κ3) is 2.96. The number of hydrogen-bond acceptors (Lipinski definition) is 3. The maximum absolute atomic E-state index is 5.97. The zero-order chi connectivity index (χ0) is 14.7. The van der Waals surface area contributed by atoms with Crippen LogP contribution >= 0.6 is 23.4 Å². The van der Waals surface area contributed by atoms with E-state index in [1.54, 1.807) is 24.2 Å². The summed E-state index contributed by atoms with van der Waals surface area (Å²) in [6.45, 7) is 2.12. The van der Waals surface area contributed by atoms with Crippen LogP contribution < -0.4 is 0 Å². The third-order valence-corrected chi connectivity index (χ3v) is 4.23. The Morgan fingerprint density at radius 2 is 1.76 bits per heavy atom. The molecule has 2 heterocycles. The molecule has 0 fully saturated rings. The van der Waals surface area contributed by atoms with Crippen molar-refractivity contribution in [3.63, 3.8) is 0 Å². The second-order valence-corrected chi connectivity index (χ2v) is 6.14. The molecule has 0 bridgehead atoms. The average molecular weight is 316 g/mol. The molecule has 3 aromatic rings. The van der Waals surface area contributed by atoms with E-state index in [1.165, 1.54) is 0 Å². The van der Waals surface area contributed by atoms with Crippen molar-refractivity contribution in [3.8, 4) is 22.4 Å². The third-order valence-electron chi connectivity index (χ3n) is 3.12. The van der Waals surface area contributed by atoms with Gasteiger partial charge < -0.3 is 0 Å². The van der Waals surface area contributed by atoms with Crippen LogP contribution in [0.25, 0.3) is 22.4 Å². The van der Waals surface area contributed by atoms with Crippen LogP contribution in [-0.2, 0) is 0 Å². The molecule has 0 amide bonds. The summed E-state index contributed by atoms with van der Waals surface area (Å²) < 4.78 is 0. The van der Waals surface area contributed by atoms with Gasteiger partial charge in [0, 0.05) is 28.5 Å². The number of benzene rings is 1. The molecule has 0 atom stereocenters. The number of nitrogens with one attached hydrogen (secondary N) is 1. The van der Waals surface area contributed by atoms with Gasteiger partial charge in [0.05, 0.1) is 5.69 Å². The van der Waals surface area contributed by atoms with E-state index in [2.05, 4.69) is 22.1 Å². The smallest absolute Gasteiger partial charge is 0.126 e. The molecule has 3 nitrogen and oxygen atoms in total. The van der Waals surface area contributed by atoms with Crippen LogP contribution in [0.5, 0.6) is 0 Å². The molecule has 21 heavy (non-hydrogen) atoms. The predicted molar refractivity (Wildman–Crippen MR) is 88.7 cm³/mol. The van der Waals surface area contributed by atoms with Crippen LogP contribution in [0.3, 0.4) is 0 Å². The van der Waals surface area contributed by atoms with Crippen molar-refractivity contribution in [1.29, 1.82) is 0 Å². The fourth-order valence-corrected chi connectivity index (χ4v) is 3.05. The van der Waals surface area contributed by atoms with Gasteiger partial charge in [0.2, 0.25) is 0 Å². The summed E-state index contributed by atoms with van der Waals surface area (Å²) in [6, 6.07) is 11.8. The molecule has 1 aromatic carbocycles. The monoisotopic (exact) mass is 315 g/mol. The standard InChI is InChI=1S/C16H14ClN3S/c1-2-21-16-14(11-7-9-18-10-8-11)15(19-20-16)12-3-5-13(17)6-4-12/h3-10H,2H2,1H3,(H,19,20). The summed E-state index contributed by atoms with van der Waals surface area (Å²) in [5.41, 5.74) is 4.31. The summed E-state index contributed by atoms with van der Waals surface area (Å²) in [5.74, 6) is 0.975. The van der Waals surface area contributed by atoms with Crippen LogP contribution in [0.2, 0.25) is 5.02 Å². The molecule has 0 aliphatic rings. The molecular formula is C16H14ClN3S. The first kappa shape index (κ1) is 14.2. The van der Waals surface area contributed by atoms with Crippen LogP contribution in [0.4, 0.5) is 0 Å². The van der Waals surface area contributed by atoms with Gasteiger partial charge in [-0.15, -0.1) is 11.8 Å². The van der Waals surface area contributed by atoms with Crippen molar-refractivity contribution >= 4 is 23.4 Å². The van der Waals surface area contributed by atoms with Crippen molar-refractivity contribution in [3.05, 3.63) is 53.8 Å². The van der Waals surface area contributed by atoms with Gasteiger partial charge in [0.25, 0.3) is 0 Å². The number of aromatic amines is 1. The molecular weight excluding hydrogens is 302 g/mol. The van der Waals surface area contributed by atoms with Gasteiger partial charge in [-0.2, -0.15) is 5.10 Å². The lowest BCUT2D eigenvalue weighted by molar-refractivity contribution is 1.01. The summed E-state index contributed by atoms with van der Waals surface area (Å²) >= 11 is 7.70. The van der Waals surface area contributed by atoms with Gasteiger partial charge in [0.15, 0.2) is 0 Å². The van der Waals surface area contributed by atoms with Gasteiger partial charge in [-0.25, -0.2) is 0 Å². The average Bonchev–Trinajstić information content (AvgIpc) is 2.93. The Morgan fingerprint density at radius 3 is 2.43 bits per heavy atom. The van der Waals surface area contributed by atoms with Crippen molar-refractivity contribution in [2.45, 2.75) is 11.9 Å². The lowest BCUT2D eigenvalue weighted by atomic mass is 10.0. The molecule has 0 aliphatic heterocycles. The maximum atomic E-state index is 5.97. The van der Waals surface area contributed by atoms with E-state index in [0.717, 1.165) is 38.2 Å². The second kappa shape index (κ2) is 6.33. The minimum atomic E-state index is 0.729. The number of thioether (sulfide) groups is 1. The topological polar surface area (TPSA) is 41.6 Å². The largest absolute Gasteiger partial charge is 0.276 e. The molecule has 5 heteroatoms. The fourth-order valence-electron chi connectivity index (χ4n) is 2.18. The Kier molecular flexibility index (Phi) is 4.27. The first-order valence-electron chi connectivity index (χ1n) is 6.67. The first-order chi connectivity index (χ1) is 10.3. The molecule has 0 radical (unpaired) electrons. The number of hydrogen-bond donors (Lipinski definition) is 1. The molecule has 0 saturated carbocycles. The fraction of sp³-hybridized carbons (Fsp3) is 0.125. The van der Waals surface area contributed by atoms with Crippen LogP contribution in [-0.4, -0.2) is 20.9 Å². The summed E-state index contributed by atoms with van der Waals surface area (Å²) in [5, 5.41) is 9.36. The minimum absolute atomic E-state index is 0.729. The molecule has 3 rings (SSSR count). The minimum Gasteiger partial charge on any atom is -0.276 e. The predicted octanol–water partition coefficient (Wildman–Crippen LogP) is 4.90. The number of H-pyrrole nitrogens is 1. The summed E-state index contributed by atoms with van der Waals surface area (Å²) in [7, 11) is 0. The number of halogens is 1. The zero-order valence-electron chi connectivity index (χ0n) is 11.5. The van der Waals surface area contributed by atoms with Gasteiger partial charge in [-0.3, -0.25) is 10.1 Å². The molecule has 0 spiro atoms. The lowest BCUT2D eigenvalue weighted by Crippen LogP contribution is -1.84. The summed E-state index contributed by atoms with van der Waals surface area (Å²) in [4.78, 5) is 4.09. The van der Waals surface area contributed by atoms with E-state index in [4.69, 9.17) is 11.6 Å². The van der Waals surface area contributed by atoms with Gasteiger partial charge in [-0.05, 0) is 35.6 Å². The quantitative estimate of drug-likeness (QED) is 0.696. The highest BCUT2D eigenvalue weighted by Crippen LogP contribution is 2.37. The van der Waals surface area contributed by atoms with E-state index >= 15 is 0 Å². The van der Waals surface area contributed by atoms with E-state index in [9.17, 15) is 0 Å². The normalized spacial score (nSPS) is 10.8. The van der Waals surface area contributed by atoms with E-state index in [1.807, 2.05) is 36.4 Å². The Hall–Kier alpha value is -1.78. The molecule has 0 unspecified atom stereocenters. The Balaban J connectivity index is 2.15. The molecule has 106 valence electrons. The number of aromatic nitrogens is 3. The Labute approximate surface area is 132 Å². The van der Waals surface area contributed by atoms with Gasteiger partial charge in [-0.1, -0.05) is 30.7 Å².